The monoisotopic (exact) mass is 410 g/mol. The summed E-state index contributed by atoms with van der Waals surface area (Å²) in [6.45, 7) is 2.32. The third-order valence-corrected chi connectivity index (χ3v) is 4.05. The average Bonchev–Trinajstić information content (AvgIpc) is 2.75. The number of carbonyl (C=O) groups excluding carboxylic acids is 3. The number of hydrogen-bond acceptors (Lipinski definition) is 5. The van der Waals surface area contributed by atoms with Crippen molar-refractivity contribution in [2.75, 3.05) is 33.9 Å². The van der Waals surface area contributed by atoms with E-state index in [1.807, 2.05) is 6.92 Å². The number of rotatable bonds is 10. The minimum atomic E-state index is -0.173. The smallest absolute Gasteiger partial charge is 0.259 e. The summed E-state index contributed by atoms with van der Waals surface area (Å²) in [5.74, 6) is 0.635. The second-order valence-electron chi connectivity index (χ2n) is 6.61. The summed E-state index contributed by atoms with van der Waals surface area (Å²) < 4.78 is 10.8. The molecule has 0 heterocycles. The van der Waals surface area contributed by atoms with E-state index in [-0.39, 0.29) is 30.8 Å². The van der Waals surface area contributed by atoms with E-state index in [1.54, 1.807) is 68.7 Å². The van der Waals surface area contributed by atoms with Gasteiger partial charge in [0.1, 0.15) is 11.5 Å². The number of likely N-dealkylation sites (N-methyl/N-ethyl adjacent to an activating group) is 2. The zero-order valence-electron chi connectivity index (χ0n) is 17.4. The highest BCUT2D eigenvalue weighted by molar-refractivity contribution is 6.06. The first-order valence-electron chi connectivity index (χ1n) is 9.54. The van der Waals surface area contributed by atoms with E-state index < -0.39 is 0 Å². The fourth-order valence-electron chi connectivity index (χ4n) is 2.33. The fraction of sp³-hybridized carbons (Fsp3) is 0.261. The molecular weight excluding hydrogens is 384 g/mol. The topological polar surface area (TPSA) is 84.9 Å². The zero-order valence-corrected chi connectivity index (χ0v) is 17.4. The van der Waals surface area contributed by atoms with Gasteiger partial charge in [0.15, 0.2) is 19.0 Å². The SMILES string of the molecule is CCNC(=O)COc1ccc(/C=C/C(=O)c2ccc(OCC(=O)N(C)C)cc2)cc1. The van der Waals surface area contributed by atoms with E-state index in [0.717, 1.165) is 5.56 Å². The van der Waals surface area contributed by atoms with Gasteiger partial charge in [-0.1, -0.05) is 18.2 Å². The number of ketones is 1. The van der Waals surface area contributed by atoms with Crippen molar-refractivity contribution in [1.29, 1.82) is 0 Å². The molecule has 0 spiro atoms. The molecule has 0 bridgehead atoms. The third-order valence-electron chi connectivity index (χ3n) is 4.05. The molecule has 0 saturated carbocycles. The Morgan fingerprint density at radius 2 is 1.47 bits per heavy atom. The molecule has 1 N–H and O–H groups in total. The molecule has 0 unspecified atom stereocenters. The Morgan fingerprint density at radius 3 is 2.03 bits per heavy atom. The first-order chi connectivity index (χ1) is 14.4. The van der Waals surface area contributed by atoms with E-state index in [1.165, 1.54) is 11.0 Å². The predicted molar refractivity (Wildman–Crippen MR) is 115 cm³/mol. The van der Waals surface area contributed by atoms with Gasteiger partial charge < -0.3 is 19.7 Å². The number of hydrogen-bond donors (Lipinski definition) is 1. The van der Waals surface area contributed by atoms with Crippen LogP contribution in [-0.4, -0.2) is 56.4 Å². The second kappa shape index (κ2) is 11.4. The minimum Gasteiger partial charge on any atom is -0.484 e. The van der Waals surface area contributed by atoms with Crippen LogP contribution in [0, 0.1) is 0 Å². The number of ether oxygens (including phenoxy) is 2. The van der Waals surface area contributed by atoms with Gasteiger partial charge in [-0.3, -0.25) is 14.4 Å². The van der Waals surface area contributed by atoms with Crippen LogP contribution in [0.25, 0.3) is 6.08 Å². The Morgan fingerprint density at radius 1 is 0.900 bits per heavy atom. The van der Waals surface area contributed by atoms with Crippen LogP contribution < -0.4 is 14.8 Å². The van der Waals surface area contributed by atoms with Gasteiger partial charge in [0.25, 0.3) is 11.8 Å². The van der Waals surface area contributed by atoms with Crippen LogP contribution in [0.15, 0.2) is 54.6 Å². The van der Waals surface area contributed by atoms with Gasteiger partial charge in [-0.15, -0.1) is 0 Å². The van der Waals surface area contributed by atoms with Crippen LogP contribution in [0.2, 0.25) is 0 Å². The van der Waals surface area contributed by atoms with Gasteiger partial charge in [0.2, 0.25) is 0 Å². The van der Waals surface area contributed by atoms with Gasteiger partial charge in [-0.05, 0) is 55.0 Å². The molecule has 0 aromatic heterocycles. The quantitative estimate of drug-likeness (QED) is 0.481. The van der Waals surface area contributed by atoms with Crippen molar-refractivity contribution in [3.05, 3.63) is 65.7 Å². The number of carbonyl (C=O) groups is 3. The standard InChI is InChI=1S/C23H26N2O5/c1-4-24-22(27)15-29-19-10-5-17(6-11-19)7-14-21(26)18-8-12-20(13-9-18)30-16-23(28)25(2)3/h5-14H,4,15-16H2,1-3H3,(H,24,27)/b14-7+. The normalized spacial score (nSPS) is 10.5. The maximum Gasteiger partial charge on any atom is 0.259 e. The molecule has 2 aromatic rings. The Hall–Kier alpha value is -3.61. The Kier molecular flexibility index (Phi) is 8.62. The van der Waals surface area contributed by atoms with Crippen LogP contribution in [-0.2, 0) is 9.59 Å². The predicted octanol–water partition coefficient (Wildman–Crippen LogP) is 2.56. The molecule has 2 amide bonds. The minimum absolute atomic E-state index is 0.0372. The fourth-order valence-corrected chi connectivity index (χ4v) is 2.33. The van der Waals surface area contributed by atoms with Crippen molar-refractivity contribution in [2.24, 2.45) is 0 Å². The lowest BCUT2D eigenvalue weighted by Crippen LogP contribution is -2.28. The van der Waals surface area contributed by atoms with Crippen molar-refractivity contribution < 1.29 is 23.9 Å². The van der Waals surface area contributed by atoms with Gasteiger partial charge in [-0.25, -0.2) is 0 Å². The van der Waals surface area contributed by atoms with Crippen LogP contribution >= 0.6 is 0 Å². The Balaban J connectivity index is 1.87. The van der Waals surface area contributed by atoms with E-state index in [9.17, 15) is 14.4 Å². The summed E-state index contributed by atoms with van der Waals surface area (Å²) in [4.78, 5) is 36.7. The first-order valence-corrected chi connectivity index (χ1v) is 9.54. The van der Waals surface area contributed by atoms with Crippen LogP contribution in [0.3, 0.4) is 0 Å². The number of nitrogens with one attached hydrogen (secondary N) is 1. The number of allylic oxidation sites excluding steroid dienone is 1. The van der Waals surface area contributed by atoms with Crippen LogP contribution in [0.5, 0.6) is 11.5 Å². The molecule has 7 nitrogen and oxygen atoms in total. The molecule has 7 heteroatoms. The van der Waals surface area contributed by atoms with Crippen LogP contribution in [0.1, 0.15) is 22.8 Å². The second-order valence-corrected chi connectivity index (χ2v) is 6.61. The molecule has 0 saturated heterocycles. The molecule has 0 aliphatic carbocycles. The highest BCUT2D eigenvalue weighted by Crippen LogP contribution is 2.15. The van der Waals surface area contributed by atoms with Crippen molar-refractivity contribution in [1.82, 2.24) is 10.2 Å². The van der Waals surface area contributed by atoms with Crippen molar-refractivity contribution in [3.8, 4) is 11.5 Å². The number of amides is 2. The van der Waals surface area contributed by atoms with Gasteiger partial charge in [-0.2, -0.15) is 0 Å². The van der Waals surface area contributed by atoms with E-state index in [0.29, 0.717) is 23.6 Å². The lowest BCUT2D eigenvalue weighted by atomic mass is 10.1. The van der Waals surface area contributed by atoms with E-state index in [4.69, 9.17) is 9.47 Å². The molecule has 0 aliphatic heterocycles. The summed E-state index contributed by atoms with van der Waals surface area (Å²) >= 11 is 0. The molecule has 158 valence electrons. The van der Waals surface area contributed by atoms with Crippen molar-refractivity contribution >= 4 is 23.7 Å². The zero-order chi connectivity index (χ0) is 21.9. The van der Waals surface area contributed by atoms with E-state index >= 15 is 0 Å². The Bertz CT molecular complexity index is 887. The molecule has 0 radical (unpaired) electrons. The number of nitrogens with zero attached hydrogens (tertiary/aromatic N) is 1. The molecule has 2 aromatic carbocycles. The molecule has 0 aliphatic rings. The van der Waals surface area contributed by atoms with Gasteiger partial charge in [0, 0.05) is 26.2 Å². The van der Waals surface area contributed by atoms with Crippen molar-refractivity contribution in [2.45, 2.75) is 6.92 Å². The molecule has 0 atom stereocenters. The summed E-state index contributed by atoms with van der Waals surface area (Å²) in [5.41, 5.74) is 1.34. The van der Waals surface area contributed by atoms with Gasteiger partial charge >= 0.3 is 0 Å². The largest absolute Gasteiger partial charge is 0.484 e. The summed E-state index contributed by atoms with van der Waals surface area (Å²) in [7, 11) is 3.32. The highest BCUT2D eigenvalue weighted by Gasteiger charge is 2.06. The average molecular weight is 410 g/mol. The maximum atomic E-state index is 12.3. The summed E-state index contributed by atoms with van der Waals surface area (Å²) in [6, 6.07) is 13.7. The Labute approximate surface area is 176 Å². The number of benzene rings is 2. The molecule has 0 fully saturated rings. The molecular formula is C23H26N2O5. The summed E-state index contributed by atoms with van der Waals surface area (Å²) in [5, 5.41) is 2.66. The molecule has 2 rings (SSSR count). The molecule has 30 heavy (non-hydrogen) atoms. The lowest BCUT2D eigenvalue weighted by Gasteiger charge is -2.11. The first kappa shape index (κ1) is 22.7. The van der Waals surface area contributed by atoms with Gasteiger partial charge in [0.05, 0.1) is 0 Å². The van der Waals surface area contributed by atoms with Crippen LogP contribution in [0.4, 0.5) is 0 Å². The lowest BCUT2D eigenvalue weighted by molar-refractivity contribution is -0.130. The van der Waals surface area contributed by atoms with E-state index in [2.05, 4.69) is 5.32 Å². The maximum absolute atomic E-state index is 12.3. The highest BCUT2D eigenvalue weighted by atomic mass is 16.5. The van der Waals surface area contributed by atoms with Crippen molar-refractivity contribution in [3.63, 3.8) is 0 Å². The summed E-state index contributed by atoms with van der Waals surface area (Å²) in [6.07, 6.45) is 3.19. The third kappa shape index (κ3) is 7.43.